The normalized spacial score (nSPS) is 15.6. The zero-order valence-corrected chi connectivity index (χ0v) is 10.9. The van der Waals surface area contributed by atoms with Crippen molar-refractivity contribution in [2.75, 3.05) is 6.54 Å². The molecule has 1 fully saturated rings. The summed E-state index contributed by atoms with van der Waals surface area (Å²) in [5.74, 6) is -1.19. The molecule has 1 aliphatic carbocycles. The molecule has 0 aliphatic heterocycles. The smallest absolute Gasteiger partial charge is 0.328 e. The molecule has 0 atom stereocenters. The topological polar surface area (TPSA) is 95.5 Å². The highest BCUT2D eigenvalue weighted by Crippen LogP contribution is 2.28. The predicted octanol–water partition coefficient (Wildman–Crippen LogP) is 1.42. The highest BCUT2D eigenvalue weighted by Gasteiger charge is 2.14. The number of rotatable bonds is 6. The number of carbonyl (C=O) groups is 3. The lowest BCUT2D eigenvalue weighted by Crippen LogP contribution is -2.39. The summed E-state index contributed by atoms with van der Waals surface area (Å²) in [5.41, 5.74) is 0. The first kappa shape index (κ1) is 15.2. The molecule has 0 unspecified atom stereocenters. The van der Waals surface area contributed by atoms with Crippen LogP contribution < -0.4 is 10.6 Å². The molecule has 106 valence electrons. The quantitative estimate of drug-likeness (QED) is 0.501. The molecular formula is C13H20N2O4. The van der Waals surface area contributed by atoms with Gasteiger partial charge < -0.3 is 10.4 Å². The Morgan fingerprint density at radius 1 is 1.16 bits per heavy atom. The van der Waals surface area contributed by atoms with E-state index in [1.165, 1.54) is 25.7 Å². The minimum Gasteiger partial charge on any atom is -0.478 e. The van der Waals surface area contributed by atoms with Crippen LogP contribution in [-0.2, 0) is 9.59 Å². The van der Waals surface area contributed by atoms with Crippen molar-refractivity contribution in [3.8, 4) is 0 Å². The number of carboxylic acids is 1. The second kappa shape index (κ2) is 8.29. The molecule has 3 amide bonds. The first-order chi connectivity index (χ1) is 9.08. The van der Waals surface area contributed by atoms with Gasteiger partial charge in [0.2, 0.25) is 0 Å². The number of hydrogen-bond donors (Lipinski definition) is 3. The fraction of sp³-hybridized carbons (Fsp3) is 0.615. The fourth-order valence-corrected chi connectivity index (χ4v) is 2.24. The van der Waals surface area contributed by atoms with E-state index in [1.54, 1.807) is 0 Å². The molecule has 0 aromatic carbocycles. The largest absolute Gasteiger partial charge is 0.478 e. The van der Waals surface area contributed by atoms with Crippen molar-refractivity contribution in [1.82, 2.24) is 10.6 Å². The average molecular weight is 268 g/mol. The van der Waals surface area contributed by atoms with Crippen LogP contribution in [0.15, 0.2) is 12.2 Å². The van der Waals surface area contributed by atoms with Crippen molar-refractivity contribution < 1.29 is 19.5 Å². The summed E-state index contributed by atoms with van der Waals surface area (Å²) in [5, 5.41) is 12.9. The number of carboxylic acid groups (broad SMARTS) is 1. The van der Waals surface area contributed by atoms with E-state index in [1.807, 2.05) is 5.32 Å². The van der Waals surface area contributed by atoms with E-state index in [0.717, 1.165) is 24.8 Å². The van der Waals surface area contributed by atoms with E-state index >= 15 is 0 Å². The molecule has 0 bridgehead atoms. The highest BCUT2D eigenvalue weighted by atomic mass is 16.4. The van der Waals surface area contributed by atoms with Crippen LogP contribution in [-0.4, -0.2) is 29.6 Å². The molecule has 1 saturated carbocycles. The summed E-state index contributed by atoms with van der Waals surface area (Å²) in [7, 11) is 0. The van der Waals surface area contributed by atoms with Crippen molar-refractivity contribution >= 4 is 17.9 Å². The number of nitrogens with one attached hydrogen (secondary N) is 2. The van der Waals surface area contributed by atoms with Crippen LogP contribution >= 0.6 is 0 Å². The monoisotopic (exact) mass is 268 g/mol. The molecule has 0 heterocycles. The van der Waals surface area contributed by atoms with Crippen LogP contribution in [0.4, 0.5) is 4.79 Å². The van der Waals surface area contributed by atoms with E-state index in [2.05, 4.69) is 5.32 Å². The van der Waals surface area contributed by atoms with Gasteiger partial charge in [0.25, 0.3) is 5.91 Å². The number of hydrogen-bond acceptors (Lipinski definition) is 3. The molecule has 0 aromatic rings. The Labute approximate surface area is 112 Å². The third kappa shape index (κ3) is 7.23. The summed E-state index contributed by atoms with van der Waals surface area (Å²) < 4.78 is 0. The lowest BCUT2D eigenvalue weighted by Gasteiger charge is -2.09. The lowest BCUT2D eigenvalue weighted by atomic mass is 10.0. The van der Waals surface area contributed by atoms with Crippen molar-refractivity contribution in [3.05, 3.63) is 12.2 Å². The van der Waals surface area contributed by atoms with Crippen LogP contribution in [0.25, 0.3) is 0 Å². The molecule has 0 saturated heterocycles. The summed E-state index contributed by atoms with van der Waals surface area (Å²) in [6.07, 6.45) is 8.68. The van der Waals surface area contributed by atoms with Crippen molar-refractivity contribution in [2.24, 2.45) is 5.92 Å². The van der Waals surface area contributed by atoms with E-state index in [4.69, 9.17) is 5.11 Å². The molecular weight excluding hydrogens is 248 g/mol. The zero-order chi connectivity index (χ0) is 14.1. The molecule has 0 radical (unpaired) electrons. The number of carbonyl (C=O) groups excluding carboxylic acids is 2. The van der Waals surface area contributed by atoms with E-state index in [-0.39, 0.29) is 0 Å². The van der Waals surface area contributed by atoms with Gasteiger partial charge in [-0.05, 0) is 18.8 Å². The van der Waals surface area contributed by atoms with Crippen LogP contribution in [0.3, 0.4) is 0 Å². The third-order valence-electron chi connectivity index (χ3n) is 3.16. The molecule has 0 aromatic heterocycles. The van der Waals surface area contributed by atoms with Gasteiger partial charge in [0.05, 0.1) is 0 Å². The summed E-state index contributed by atoms with van der Waals surface area (Å²) in [6.45, 7) is 0.526. The zero-order valence-electron chi connectivity index (χ0n) is 10.9. The van der Waals surface area contributed by atoms with Crippen molar-refractivity contribution in [3.63, 3.8) is 0 Å². The van der Waals surface area contributed by atoms with Crippen LogP contribution in [0, 0.1) is 5.92 Å². The second-order valence-electron chi connectivity index (χ2n) is 4.71. The van der Waals surface area contributed by atoms with Gasteiger partial charge in [0.1, 0.15) is 0 Å². The SMILES string of the molecule is O=C(O)/C=C/C(=O)NC(=O)NCCCC1CCCC1. The standard InChI is InChI=1S/C13H20N2O4/c16-11(7-8-12(17)18)15-13(19)14-9-3-6-10-4-1-2-5-10/h7-8,10H,1-6,9H2,(H,17,18)(H2,14,15,16,19)/b8-7+. The number of urea groups is 1. The molecule has 1 rings (SSSR count). The first-order valence-corrected chi connectivity index (χ1v) is 6.57. The summed E-state index contributed by atoms with van der Waals surface area (Å²) in [4.78, 5) is 32.5. The number of aliphatic carboxylic acids is 1. The van der Waals surface area contributed by atoms with Gasteiger partial charge in [0.15, 0.2) is 0 Å². The Kier molecular flexibility index (Phi) is 6.63. The minimum atomic E-state index is -1.23. The van der Waals surface area contributed by atoms with Gasteiger partial charge in [-0.1, -0.05) is 25.7 Å². The Hall–Kier alpha value is -1.85. The van der Waals surface area contributed by atoms with Gasteiger partial charge in [-0.2, -0.15) is 0 Å². The average Bonchev–Trinajstić information content (AvgIpc) is 2.85. The first-order valence-electron chi connectivity index (χ1n) is 6.57. The second-order valence-corrected chi connectivity index (χ2v) is 4.71. The molecule has 6 heteroatoms. The highest BCUT2D eigenvalue weighted by molar-refractivity contribution is 6.02. The fourth-order valence-electron chi connectivity index (χ4n) is 2.24. The predicted molar refractivity (Wildman–Crippen MR) is 69.5 cm³/mol. The van der Waals surface area contributed by atoms with Crippen molar-refractivity contribution in [2.45, 2.75) is 38.5 Å². The van der Waals surface area contributed by atoms with Crippen LogP contribution in [0.5, 0.6) is 0 Å². The third-order valence-corrected chi connectivity index (χ3v) is 3.16. The number of amides is 3. The maximum Gasteiger partial charge on any atom is 0.328 e. The van der Waals surface area contributed by atoms with Gasteiger partial charge in [-0.3, -0.25) is 10.1 Å². The maximum absolute atomic E-state index is 11.3. The van der Waals surface area contributed by atoms with Gasteiger partial charge in [-0.15, -0.1) is 0 Å². The molecule has 19 heavy (non-hydrogen) atoms. The number of imide groups is 1. The van der Waals surface area contributed by atoms with Gasteiger partial charge in [-0.25, -0.2) is 9.59 Å². The van der Waals surface area contributed by atoms with E-state index in [0.29, 0.717) is 12.6 Å². The molecule has 1 aliphatic rings. The molecule has 3 N–H and O–H groups in total. The van der Waals surface area contributed by atoms with Crippen LogP contribution in [0.1, 0.15) is 38.5 Å². The van der Waals surface area contributed by atoms with Gasteiger partial charge in [0, 0.05) is 18.7 Å². The Balaban J connectivity index is 2.06. The summed E-state index contributed by atoms with van der Waals surface area (Å²) in [6, 6.07) is -0.591. The van der Waals surface area contributed by atoms with E-state index < -0.39 is 17.9 Å². The minimum absolute atomic E-state index is 0.526. The Morgan fingerprint density at radius 2 is 1.84 bits per heavy atom. The Bertz CT molecular complexity index is 360. The summed E-state index contributed by atoms with van der Waals surface area (Å²) >= 11 is 0. The maximum atomic E-state index is 11.3. The van der Waals surface area contributed by atoms with Crippen LogP contribution in [0.2, 0.25) is 0 Å². The molecule has 6 nitrogen and oxygen atoms in total. The lowest BCUT2D eigenvalue weighted by molar-refractivity contribution is -0.131. The van der Waals surface area contributed by atoms with Crippen molar-refractivity contribution in [1.29, 1.82) is 0 Å². The van der Waals surface area contributed by atoms with Gasteiger partial charge >= 0.3 is 12.0 Å². The Morgan fingerprint density at radius 3 is 2.47 bits per heavy atom. The van der Waals surface area contributed by atoms with E-state index in [9.17, 15) is 14.4 Å². The molecule has 0 spiro atoms.